The first-order chi connectivity index (χ1) is 12.6. The Morgan fingerprint density at radius 1 is 0.769 bits per heavy atom. The quantitative estimate of drug-likeness (QED) is 0.615. The fourth-order valence-electron chi connectivity index (χ4n) is 3.57. The lowest BCUT2D eigenvalue weighted by Crippen LogP contribution is -2.33. The van der Waals surface area contributed by atoms with Crippen molar-refractivity contribution in [1.29, 1.82) is 0 Å². The largest absolute Gasteiger partial charge is 0.375 e. The first-order valence-electron chi connectivity index (χ1n) is 8.55. The molecule has 3 aromatic carbocycles. The van der Waals surface area contributed by atoms with E-state index in [1.54, 1.807) is 6.07 Å². The Balaban J connectivity index is 2.10. The monoisotopic (exact) mass is 341 g/mol. The van der Waals surface area contributed by atoms with E-state index in [0.29, 0.717) is 11.1 Å². The minimum Gasteiger partial charge on any atom is -0.375 e. The van der Waals surface area contributed by atoms with E-state index in [2.05, 4.69) is 0 Å². The number of fused-ring (bicyclic) bond motifs is 1. The normalized spacial score (nSPS) is 11.6. The van der Waals surface area contributed by atoms with Gasteiger partial charge in [0, 0.05) is 18.5 Å². The minimum atomic E-state index is -1.43. The Labute approximate surface area is 151 Å². The van der Waals surface area contributed by atoms with Crippen molar-refractivity contribution in [1.82, 2.24) is 4.57 Å². The predicted molar refractivity (Wildman–Crippen MR) is 104 cm³/mol. The van der Waals surface area contributed by atoms with Gasteiger partial charge in [-0.3, -0.25) is 4.79 Å². The van der Waals surface area contributed by atoms with Gasteiger partial charge in [-0.05, 0) is 23.3 Å². The van der Waals surface area contributed by atoms with Gasteiger partial charge < -0.3 is 9.67 Å². The van der Waals surface area contributed by atoms with Gasteiger partial charge in [-0.15, -0.1) is 0 Å². The second-order valence-corrected chi connectivity index (χ2v) is 6.41. The van der Waals surface area contributed by atoms with Crippen molar-refractivity contribution in [2.45, 2.75) is 5.60 Å². The second kappa shape index (κ2) is 6.28. The smallest absolute Gasteiger partial charge is 0.189 e. The highest BCUT2D eigenvalue weighted by Crippen LogP contribution is 2.36. The molecule has 0 saturated carbocycles. The summed E-state index contributed by atoms with van der Waals surface area (Å²) in [6, 6.07) is 27.9. The molecule has 0 aliphatic carbocycles. The third-order valence-corrected chi connectivity index (χ3v) is 4.91. The van der Waals surface area contributed by atoms with Gasteiger partial charge in [0.2, 0.25) is 0 Å². The zero-order chi connectivity index (χ0) is 18.1. The predicted octanol–water partition coefficient (Wildman–Crippen LogP) is 3.82. The number of rotatable bonds is 3. The van der Waals surface area contributed by atoms with Gasteiger partial charge >= 0.3 is 0 Å². The van der Waals surface area contributed by atoms with Crippen LogP contribution in [0.25, 0.3) is 10.9 Å². The molecule has 1 N–H and O–H groups in total. The maximum Gasteiger partial charge on any atom is 0.189 e. The number of nitrogens with zero attached hydrogens (tertiary/aromatic N) is 1. The lowest BCUT2D eigenvalue weighted by molar-refractivity contribution is 0.117. The average molecular weight is 341 g/mol. The molecular weight excluding hydrogens is 322 g/mol. The van der Waals surface area contributed by atoms with Crippen molar-refractivity contribution in [3.63, 3.8) is 0 Å². The Hall–Kier alpha value is -3.17. The van der Waals surface area contributed by atoms with E-state index in [4.69, 9.17) is 0 Å². The number of aliphatic hydroxyl groups is 1. The number of pyridine rings is 1. The molecule has 0 amide bonds. The van der Waals surface area contributed by atoms with Crippen LogP contribution in [-0.2, 0) is 12.6 Å². The molecular formula is C23H19NO2. The Kier molecular flexibility index (Phi) is 3.94. The summed E-state index contributed by atoms with van der Waals surface area (Å²) >= 11 is 0. The molecule has 4 aromatic rings. The number of hydrogen-bond donors (Lipinski definition) is 1. The first kappa shape index (κ1) is 16.3. The summed E-state index contributed by atoms with van der Waals surface area (Å²) in [5, 5.41) is 12.6. The first-order valence-corrected chi connectivity index (χ1v) is 8.55. The lowest BCUT2D eigenvalue weighted by atomic mass is 9.82. The summed E-state index contributed by atoms with van der Waals surface area (Å²) in [6.45, 7) is 0. The van der Waals surface area contributed by atoms with Crippen molar-refractivity contribution >= 4 is 10.9 Å². The van der Waals surface area contributed by atoms with Crippen molar-refractivity contribution in [3.8, 4) is 0 Å². The molecule has 0 atom stereocenters. The van der Waals surface area contributed by atoms with Gasteiger partial charge in [-0.1, -0.05) is 72.8 Å². The number of benzene rings is 3. The number of hydrogen-bond acceptors (Lipinski definition) is 2. The second-order valence-electron chi connectivity index (χ2n) is 6.41. The topological polar surface area (TPSA) is 42.2 Å². The summed E-state index contributed by atoms with van der Waals surface area (Å²) in [4.78, 5) is 12.7. The molecule has 4 rings (SSSR count). The maximum absolute atomic E-state index is 12.7. The van der Waals surface area contributed by atoms with Crippen LogP contribution in [0.2, 0.25) is 0 Å². The van der Waals surface area contributed by atoms with Gasteiger partial charge in [0.15, 0.2) is 11.0 Å². The van der Waals surface area contributed by atoms with Gasteiger partial charge in [-0.2, -0.15) is 0 Å². The van der Waals surface area contributed by atoms with Crippen molar-refractivity contribution in [2.75, 3.05) is 0 Å². The molecule has 0 bridgehead atoms. The minimum absolute atomic E-state index is 0.0982. The fourth-order valence-corrected chi connectivity index (χ4v) is 3.57. The summed E-state index contributed by atoms with van der Waals surface area (Å²) in [5.41, 5.74) is 1.24. The van der Waals surface area contributed by atoms with Crippen LogP contribution in [0, 0.1) is 0 Å². The Bertz CT molecular complexity index is 1080. The van der Waals surface area contributed by atoms with Gasteiger partial charge in [0.1, 0.15) is 0 Å². The summed E-state index contributed by atoms with van der Waals surface area (Å²) in [5.74, 6) is 0. The molecule has 26 heavy (non-hydrogen) atoms. The van der Waals surface area contributed by atoms with Crippen LogP contribution < -0.4 is 5.43 Å². The van der Waals surface area contributed by atoms with E-state index in [1.807, 2.05) is 96.5 Å². The van der Waals surface area contributed by atoms with E-state index in [1.165, 1.54) is 0 Å². The van der Waals surface area contributed by atoms with E-state index in [0.717, 1.165) is 16.6 Å². The van der Waals surface area contributed by atoms with E-state index in [-0.39, 0.29) is 5.43 Å². The van der Waals surface area contributed by atoms with Gasteiger partial charge in [0.05, 0.1) is 11.2 Å². The highest BCUT2D eigenvalue weighted by molar-refractivity contribution is 5.79. The van der Waals surface area contributed by atoms with Crippen molar-refractivity contribution < 1.29 is 5.11 Å². The lowest BCUT2D eigenvalue weighted by Gasteiger charge is -2.32. The van der Waals surface area contributed by atoms with Crippen LogP contribution in [0.1, 0.15) is 16.8 Å². The Morgan fingerprint density at radius 3 is 1.85 bits per heavy atom. The SMILES string of the molecule is Cn1c(C(O)(c2ccccc2)c2ccccc2)cc(=O)c2ccccc21. The highest BCUT2D eigenvalue weighted by Gasteiger charge is 2.36. The number of aromatic nitrogens is 1. The molecule has 0 unspecified atom stereocenters. The zero-order valence-electron chi connectivity index (χ0n) is 14.5. The third-order valence-electron chi connectivity index (χ3n) is 4.91. The summed E-state index contributed by atoms with van der Waals surface area (Å²) in [7, 11) is 1.88. The highest BCUT2D eigenvalue weighted by atomic mass is 16.3. The van der Waals surface area contributed by atoms with E-state index >= 15 is 0 Å². The molecule has 0 saturated heterocycles. The number of aryl methyl sites for hydroxylation is 1. The maximum atomic E-state index is 12.7. The molecule has 0 spiro atoms. The molecule has 0 aliphatic rings. The molecule has 3 heteroatoms. The van der Waals surface area contributed by atoms with E-state index < -0.39 is 5.60 Å². The van der Waals surface area contributed by atoms with E-state index in [9.17, 15) is 9.90 Å². The van der Waals surface area contributed by atoms with Crippen LogP contribution in [-0.4, -0.2) is 9.67 Å². The van der Waals surface area contributed by atoms with Crippen LogP contribution in [0.3, 0.4) is 0 Å². The zero-order valence-corrected chi connectivity index (χ0v) is 14.5. The van der Waals surface area contributed by atoms with Crippen LogP contribution in [0.4, 0.5) is 0 Å². The van der Waals surface area contributed by atoms with Crippen molar-refractivity contribution in [3.05, 3.63) is 118 Å². The van der Waals surface area contributed by atoms with Crippen LogP contribution in [0.5, 0.6) is 0 Å². The molecule has 3 nitrogen and oxygen atoms in total. The third kappa shape index (κ3) is 2.45. The van der Waals surface area contributed by atoms with Gasteiger partial charge in [0.25, 0.3) is 0 Å². The standard InChI is InChI=1S/C23H19NO2/c1-24-20-15-9-8-14-19(20)21(25)16-22(24)23(26,17-10-4-2-5-11-17)18-12-6-3-7-13-18/h2-16,26H,1H3. The molecule has 0 fully saturated rings. The molecule has 0 radical (unpaired) electrons. The average Bonchev–Trinajstić information content (AvgIpc) is 2.71. The van der Waals surface area contributed by atoms with Crippen LogP contribution >= 0.6 is 0 Å². The molecule has 1 aromatic heterocycles. The van der Waals surface area contributed by atoms with Gasteiger partial charge in [-0.25, -0.2) is 0 Å². The van der Waals surface area contributed by atoms with Crippen molar-refractivity contribution in [2.24, 2.45) is 7.05 Å². The molecule has 1 heterocycles. The Morgan fingerprint density at radius 2 is 1.27 bits per heavy atom. The fraction of sp³-hybridized carbons (Fsp3) is 0.0870. The number of para-hydroxylation sites is 1. The molecule has 128 valence electrons. The summed E-state index contributed by atoms with van der Waals surface area (Å²) in [6.07, 6.45) is 0. The van der Waals surface area contributed by atoms with Crippen LogP contribution in [0.15, 0.2) is 95.8 Å². The summed E-state index contributed by atoms with van der Waals surface area (Å²) < 4.78 is 1.90. The molecule has 0 aliphatic heterocycles.